The third kappa shape index (κ3) is 1.82. The summed E-state index contributed by atoms with van der Waals surface area (Å²) in [7, 11) is 1.44. The lowest BCUT2D eigenvalue weighted by molar-refractivity contribution is 0.0292. The van der Waals surface area contributed by atoms with Gasteiger partial charge in [-0.05, 0) is 24.6 Å². The first-order chi connectivity index (χ1) is 9.52. The molecule has 1 unspecified atom stereocenters. The topological polar surface area (TPSA) is 76.0 Å². The minimum absolute atomic E-state index is 0.0448. The van der Waals surface area contributed by atoms with Crippen LogP contribution in [0.1, 0.15) is 46.5 Å². The van der Waals surface area contributed by atoms with E-state index in [0.29, 0.717) is 16.7 Å². The first-order valence-electron chi connectivity index (χ1n) is 6.47. The van der Waals surface area contributed by atoms with E-state index in [1.807, 2.05) is 6.92 Å². The summed E-state index contributed by atoms with van der Waals surface area (Å²) in [6.07, 6.45) is 0.351. The van der Waals surface area contributed by atoms with Crippen molar-refractivity contribution < 1.29 is 24.5 Å². The van der Waals surface area contributed by atoms with Crippen LogP contribution in [-0.2, 0) is 16.1 Å². The van der Waals surface area contributed by atoms with Crippen LogP contribution in [0.5, 0.6) is 5.75 Å². The fraction of sp³-hybridized carbons (Fsp3) is 0.400. The summed E-state index contributed by atoms with van der Waals surface area (Å²) in [5, 5.41) is 20.5. The number of aliphatic hydroxyl groups excluding tert-OH is 1. The molecule has 0 radical (unpaired) electrons. The number of carbonyl (C=O) groups excluding carboxylic acids is 1. The summed E-state index contributed by atoms with van der Waals surface area (Å²) in [6, 6.07) is 1.70. The quantitative estimate of drug-likeness (QED) is 0.819. The van der Waals surface area contributed by atoms with Gasteiger partial charge in [-0.15, -0.1) is 0 Å². The average Bonchev–Trinajstić information content (AvgIpc) is 2.42. The smallest absolute Gasteiger partial charge is 0.192 e. The number of hydrogen-bond donors (Lipinski definition) is 2. The molecule has 1 aliphatic heterocycles. The number of rotatable bonds is 1. The Morgan fingerprint density at radius 2 is 2.20 bits per heavy atom. The van der Waals surface area contributed by atoms with Crippen LogP contribution in [0.15, 0.2) is 11.8 Å². The number of phenols is 1. The highest BCUT2D eigenvalue weighted by atomic mass is 16.5. The molecule has 1 heterocycles. The molecule has 5 nitrogen and oxygen atoms in total. The number of hydrogen-bond acceptors (Lipinski definition) is 5. The highest BCUT2D eigenvalue weighted by Crippen LogP contribution is 2.42. The number of phenolic OH excluding ortho intramolecular Hbond substituents is 1. The highest BCUT2D eigenvalue weighted by Gasteiger charge is 2.36. The first kappa shape index (κ1) is 13.1. The minimum atomic E-state index is -0.912. The monoisotopic (exact) mass is 276 g/mol. The zero-order valence-electron chi connectivity index (χ0n) is 11.3. The predicted octanol–water partition coefficient (Wildman–Crippen LogP) is 1.92. The second-order valence-corrected chi connectivity index (χ2v) is 5.14. The van der Waals surface area contributed by atoms with E-state index in [1.165, 1.54) is 7.11 Å². The molecule has 1 aromatic carbocycles. The van der Waals surface area contributed by atoms with E-state index < -0.39 is 12.2 Å². The predicted molar refractivity (Wildman–Crippen MR) is 71.3 cm³/mol. The zero-order valence-corrected chi connectivity index (χ0v) is 11.3. The first-order valence-corrected chi connectivity index (χ1v) is 6.47. The van der Waals surface area contributed by atoms with E-state index >= 15 is 0 Å². The molecule has 2 atom stereocenters. The van der Waals surface area contributed by atoms with E-state index in [9.17, 15) is 15.0 Å². The summed E-state index contributed by atoms with van der Waals surface area (Å²) in [6.45, 7) is 2.06. The number of carbonyl (C=O) groups is 1. The number of methoxy groups -OCH3 is 1. The molecule has 0 fully saturated rings. The lowest BCUT2D eigenvalue weighted by atomic mass is 9.82. The number of aliphatic hydroxyl groups is 1. The van der Waals surface area contributed by atoms with Crippen LogP contribution in [0.25, 0.3) is 6.08 Å². The van der Waals surface area contributed by atoms with Crippen LogP contribution in [-0.4, -0.2) is 29.2 Å². The molecular formula is C15H16O5. The second kappa shape index (κ2) is 4.61. The van der Waals surface area contributed by atoms with E-state index in [4.69, 9.17) is 9.47 Å². The Bertz CT molecular complexity index is 617. The van der Waals surface area contributed by atoms with Crippen LogP contribution < -0.4 is 0 Å². The molecule has 0 bridgehead atoms. The summed E-state index contributed by atoms with van der Waals surface area (Å²) in [5.74, 6) is 0.476. The van der Waals surface area contributed by atoms with Gasteiger partial charge in [0.05, 0.1) is 11.9 Å². The Kier molecular flexibility index (Phi) is 3.03. The van der Waals surface area contributed by atoms with Crippen LogP contribution in [0.2, 0.25) is 0 Å². The summed E-state index contributed by atoms with van der Waals surface area (Å²) in [4.78, 5) is 12.3. The minimum Gasteiger partial charge on any atom is -0.507 e. The molecular weight excluding hydrogens is 260 g/mol. The largest absolute Gasteiger partial charge is 0.507 e. The van der Waals surface area contributed by atoms with Gasteiger partial charge in [0.2, 0.25) is 0 Å². The van der Waals surface area contributed by atoms with E-state index in [1.54, 1.807) is 12.1 Å². The normalized spacial score (nSPS) is 24.6. The van der Waals surface area contributed by atoms with Gasteiger partial charge < -0.3 is 19.7 Å². The van der Waals surface area contributed by atoms with Crippen molar-refractivity contribution in [3.63, 3.8) is 0 Å². The van der Waals surface area contributed by atoms with Crippen molar-refractivity contribution >= 4 is 11.9 Å². The SMILES string of the molecule is CO[C@@H]1CC(O)c2c(cc3c(c2O)COC(C)=C3)C1=O. The molecule has 0 aromatic heterocycles. The molecule has 1 aromatic rings. The van der Waals surface area contributed by atoms with Gasteiger partial charge in [0.15, 0.2) is 5.78 Å². The lowest BCUT2D eigenvalue weighted by Crippen LogP contribution is -2.32. The summed E-state index contributed by atoms with van der Waals surface area (Å²) < 4.78 is 10.5. The maximum absolute atomic E-state index is 12.3. The fourth-order valence-electron chi connectivity index (χ4n) is 2.82. The van der Waals surface area contributed by atoms with Crippen molar-refractivity contribution in [1.29, 1.82) is 0 Å². The van der Waals surface area contributed by atoms with E-state index in [2.05, 4.69) is 0 Å². The van der Waals surface area contributed by atoms with Gasteiger partial charge >= 0.3 is 0 Å². The number of ether oxygens (including phenoxy) is 2. The Labute approximate surface area is 116 Å². The van der Waals surface area contributed by atoms with Crippen LogP contribution in [0.3, 0.4) is 0 Å². The van der Waals surface area contributed by atoms with Crippen LogP contribution in [0.4, 0.5) is 0 Å². The third-order valence-corrected chi connectivity index (χ3v) is 3.90. The molecule has 3 rings (SSSR count). The van der Waals surface area contributed by atoms with E-state index in [-0.39, 0.29) is 24.6 Å². The maximum Gasteiger partial charge on any atom is 0.192 e. The number of aromatic hydroxyl groups is 1. The fourth-order valence-corrected chi connectivity index (χ4v) is 2.82. The van der Waals surface area contributed by atoms with Crippen molar-refractivity contribution in [1.82, 2.24) is 0 Å². The number of Topliss-reactive ketones (excluding diaryl/α,β-unsaturated/α-hetero) is 1. The highest BCUT2D eigenvalue weighted by molar-refractivity contribution is 6.03. The van der Waals surface area contributed by atoms with Gasteiger partial charge in [0, 0.05) is 30.2 Å². The third-order valence-electron chi connectivity index (χ3n) is 3.90. The second-order valence-electron chi connectivity index (χ2n) is 5.14. The van der Waals surface area contributed by atoms with Gasteiger partial charge in [-0.25, -0.2) is 0 Å². The molecule has 106 valence electrons. The van der Waals surface area contributed by atoms with Gasteiger partial charge in [0.25, 0.3) is 0 Å². The summed E-state index contributed by atoms with van der Waals surface area (Å²) in [5.41, 5.74) is 1.98. The molecule has 0 saturated heterocycles. The standard InChI is InChI=1S/C15H16O5/c1-7-3-8-4-9-13(15(18)10(8)6-20-7)11(16)5-12(19-2)14(9)17/h3-4,11-12,16,18H,5-6H2,1-2H3/t11?,12-/m1/s1. The van der Waals surface area contributed by atoms with Crippen LogP contribution in [0, 0.1) is 0 Å². The molecule has 5 heteroatoms. The Morgan fingerprint density at radius 3 is 2.90 bits per heavy atom. The van der Waals surface area contributed by atoms with Crippen molar-refractivity contribution in [3.8, 4) is 5.75 Å². The molecule has 0 spiro atoms. The van der Waals surface area contributed by atoms with Crippen molar-refractivity contribution in [2.24, 2.45) is 0 Å². The number of fused-ring (bicyclic) bond motifs is 2. The summed E-state index contributed by atoms with van der Waals surface area (Å²) >= 11 is 0. The van der Waals surface area contributed by atoms with Gasteiger partial charge in [-0.2, -0.15) is 0 Å². The van der Waals surface area contributed by atoms with Gasteiger partial charge in [0.1, 0.15) is 18.5 Å². The average molecular weight is 276 g/mol. The van der Waals surface area contributed by atoms with Crippen molar-refractivity contribution in [2.45, 2.75) is 32.2 Å². The van der Waals surface area contributed by atoms with Gasteiger partial charge in [-0.3, -0.25) is 4.79 Å². The Balaban J connectivity index is 2.22. The van der Waals surface area contributed by atoms with Crippen molar-refractivity contribution in [3.05, 3.63) is 34.1 Å². The van der Waals surface area contributed by atoms with E-state index in [0.717, 1.165) is 11.3 Å². The zero-order chi connectivity index (χ0) is 14.4. The van der Waals surface area contributed by atoms with Crippen LogP contribution >= 0.6 is 0 Å². The Morgan fingerprint density at radius 1 is 1.45 bits per heavy atom. The molecule has 0 amide bonds. The van der Waals surface area contributed by atoms with Crippen molar-refractivity contribution in [2.75, 3.05) is 7.11 Å². The molecule has 20 heavy (non-hydrogen) atoms. The molecule has 2 aliphatic rings. The maximum atomic E-state index is 12.3. The molecule has 1 aliphatic carbocycles. The Hall–Kier alpha value is -1.85. The van der Waals surface area contributed by atoms with Gasteiger partial charge in [-0.1, -0.05) is 0 Å². The molecule has 0 saturated carbocycles. The number of allylic oxidation sites excluding steroid dienone is 1. The number of benzene rings is 1. The lowest BCUT2D eigenvalue weighted by Gasteiger charge is -2.29. The molecule has 2 N–H and O–H groups in total. The number of ketones is 1.